The van der Waals surface area contributed by atoms with Gasteiger partial charge in [-0.05, 0) is 160 Å². The molecule has 16 rings (SSSR count). The molecule has 0 unspecified atom stereocenters. The molecule has 108 heavy (non-hydrogen) atoms. The molecule has 0 N–H and O–H groups in total. The molecule has 4 aliphatic carbocycles. The molecule has 12 aromatic rings. The molecule has 0 amide bonds. The third-order valence-corrected chi connectivity index (χ3v) is 18.6. The molecule has 0 atom stereocenters. The van der Waals surface area contributed by atoms with Crippen LogP contribution in [0.25, 0.3) is 44.5 Å². The summed E-state index contributed by atoms with van der Waals surface area (Å²) < 4.78 is 0. The van der Waals surface area contributed by atoms with Crippen molar-refractivity contribution < 1.29 is 0 Å². The van der Waals surface area contributed by atoms with Crippen LogP contribution in [0.2, 0.25) is 0 Å². The molecule has 0 saturated heterocycles. The molecule has 4 aliphatic rings. The Morgan fingerprint density at radius 2 is 0.491 bits per heavy atom. The fourth-order valence-electron chi connectivity index (χ4n) is 15.3. The van der Waals surface area contributed by atoms with Crippen molar-refractivity contribution in [3.05, 3.63) is 380 Å². The lowest BCUT2D eigenvalue weighted by molar-refractivity contribution is 0.319. The Kier molecular flexibility index (Phi) is 43.2. The van der Waals surface area contributed by atoms with Gasteiger partial charge in [0.05, 0.1) is 10.8 Å². The Morgan fingerprint density at radius 3 is 0.889 bits per heavy atom. The van der Waals surface area contributed by atoms with Gasteiger partial charge in [-0.1, -0.05) is 457 Å². The molecule has 0 bridgehead atoms. The van der Waals surface area contributed by atoms with Crippen LogP contribution in [0.5, 0.6) is 0 Å². The summed E-state index contributed by atoms with van der Waals surface area (Å²) in [5.74, 6) is 0. The Morgan fingerprint density at radius 1 is 0.213 bits per heavy atom. The highest BCUT2D eigenvalue weighted by atomic mass is 15.1. The monoisotopic (exact) mass is 1440 g/mol. The average Bonchev–Trinajstić information content (AvgIpc) is 1.54. The molecular formula is C106H138N2. The van der Waals surface area contributed by atoms with Gasteiger partial charge >= 0.3 is 0 Å². The number of rotatable bonds is 12. The Bertz CT molecular complexity index is 4350. The van der Waals surface area contributed by atoms with Crippen molar-refractivity contribution in [1.29, 1.82) is 0 Å². The van der Waals surface area contributed by atoms with Crippen molar-refractivity contribution in [2.45, 2.75) is 216 Å². The molecule has 0 spiro atoms. The highest BCUT2D eigenvalue weighted by Crippen LogP contribution is 2.58. The molecule has 0 fully saturated rings. The smallest absolute Gasteiger partial charge is 0.0713 e. The summed E-state index contributed by atoms with van der Waals surface area (Å²) in [5.41, 5.74) is 32.2. The van der Waals surface area contributed by atoms with E-state index in [9.17, 15) is 0 Å². The minimum absolute atomic E-state index is 0.349. The Hall–Kier alpha value is -9.44. The van der Waals surface area contributed by atoms with Gasteiger partial charge in [-0.25, -0.2) is 0 Å². The van der Waals surface area contributed by atoms with Gasteiger partial charge in [0.25, 0.3) is 0 Å². The highest BCUT2D eigenvalue weighted by molar-refractivity contribution is 5.88. The van der Waals surface area contributed by atoms with Crippen LogP contribution in [0.15, 0.2) is 291 Å². The lowest BCUT2D eigenvalue weighted by Gasteiger charge is -2.34. The third kappa shape index (κ3) is 20.5. The first-order valence-corrected chi connectivity index (χ1v) is 41.9. The summed E-state index contributed by atoms with van der Waals surface area (Å²) in [5, 5.41) is 0. The van der Waals surface area contributed by atoms with Crippen molar-refractivity contribution >= 4 is 0 Å². The van der Waals surface area contributed by atoms with Crippen LogP contribution in [0.4, 0.5) is 0 Å². The van der Waals surface area contributed by atoms with Crippen LogP contribution in [0.1, 0.15) is 255 Å². The highest BCUT2D eigenvalue weighted by Gasteiger charge is 2.47. The largest absolute Gasteiger partial charge is 0.298 e. The molecule has 2 heteroatoms. The maximum Gasteiger partial charge on any atom is 0.0713 e. The summed E-state index contributed by atoms with van der Waals surface area (Å²) >= 11 is 0. The molecule has 2 nitrogen and oxygen atoms in total. The van der Waals surface area contributed by atoms with E-state index in [-0.39, 0.29) is 10.8 Å². The number of hydrogen-bond donors (Lipinski definition) is 0. The first-order valence-electron chi connectivity index (χ1n) is 41.9. The van der Waals surface area contributed by atoms with E-state index < -0.39 is 0 Å². The lowest BCUT2D eigenvalue weighted by atomic mass is 9.67. The van der Waals surface area contributed by atoms with Crippen molar-refractivity contribution in [3.8, 4) is 44.5 Å². The van der Waals surface area contributed by atoms with Crippen LogP contribution in [0.3, 0.4) is 0 Å². The van der Waals surface area contributed by atoms with Crippen LogP contribution >= 0.6 is 0 Å². The van der Waals surface area contributed by atoms with Crippen LogP contribution in [-0.2, 0) is 49.9 Å². The van der Waals surface area contributed by atoms with Crippen LogP contribution in [-0.4, -0.2) is 23.9 Å². The lowest BCUT2D eigenvalue weighted by Crippen LogP contribution is -2.29. The minimum Gasteiger partial charge on any atom is -0.298 e. The number of fused-ring (bicyclic) bond motifs is 12. The summed E-state index contributed by atoms with van der Waals surface area (Å²) in [7, 11) is 4.49. The van der Waals surface area contributed by atoms with E-state index in [1.807, 2.05) is 166 Å². The molecule has 0 aliphatic heterocycles. The standard InChI is InChI=1S/2C41H33N.12C2H6/c1-42(28-32-16-12-15-31-26-30-14-5-6-20-35(30)40(31)32)27-29-13-11-19-34(25-29)41(33-17-3-2-4-18-33)38-23-9-7-21-36(38)37-22-8-10-24-39(37)41;1-42(28-30-22-23-36-32(24-30)26-31-13-5-6-17-35(31)36)27-29-12-11-16-34(25-29)41(33-14-3-2-4-15-33)39-20-9-7-18-37(39)38-19-8-10-21-40(38)41;12*1-2/h2*2-25H,26-28H2,1H3;12*1-2H3. The van der Waals surface area contributed by atoms with E-state index in [4.69, 9.17) is 0 Å². The predicted molar refractivity (Wildman–Crippen MR) is 483 cm³/mol. The van der Waals surface area contributed by atoms with Gasteiger partial charge in [0.1, 0.15) is 0 Å². The maximum absolute atomic E-state index is 2.46. The zero-order valence-electron chi connectivity index (χ0n) is 71.8. The zero-order chi connectivity index (χ0) is 80.2. The minimum atomic E-state index is -0.354. The summed E-state index contributed by atoms with van der Waals surface area (Å²) in [4.78, 5) is 4.90. The number of benzene rings is 12. The summed E-state index contributed by atoms with van der Waals surface area (Å²) in [6, 6.07) is 108. The number of hydrogen-bond acceptors (Lipinski definition) is 2. The van der Waals surface area contributed by atoms with Crippen molar-refractivity contribution in [2.75, 3.05) is 14.1 Å². The van der Waals surface area contributed by atoms with Crippen molar-refractivity contribution in [2.24, 2.45) is 0 Å². The second kappa shape index (κ2) is 50.2. The fourth-order valence-corrected chi connectivity index (χ4v) is 15.3. The van der Waals surface area contributed by atoms with Crippen molar-refractivity contribution in [3.63, 3.8) is 0 Å². The molecule has 0 radical (unpaired) electrons. The van der Waals surface area contributed by atoms with Crippen LogP contribution in [0, 0.1) is 0 Å². The van der Waals surface area contributed by atoms with E-state index in [2.05, 4.69) is 315 Å². The van der Waals surface area contributed by atoms with Gasteiger partial charge in [-0.3, -0.25) is 9.80 Å². The van der Waals surface area contributed by atoms with Gasteiger partial charge in [-0.2, -0.15) is 0 Å². The predicted octanol–water partition coefficient (Wildman–Crippen LogP) is 30.8. The second-order valence-electron chi connectivity index (χ2n) is 23.8. The Labute approximate surface area is 660 Å². The first kappa shape index (κ1) is 92.8. The molecule has 0 heterocycles. The van der Waals surface area contributed by atoms with E-state index in [1.54, 1.807) is 0 Å². The van der Waals surface area contributed by atoms with Gasteiger partial charge < -0.3 is 0 Å². The van der Waals surface area contributed by atoms with Gasteiger partial charge in [0.15, 0.2) is 0 Å². The topological polar surface area (TPSA) is 6.48 Å². The van der Waals surface area contributed by atoms with E-state index >= 15 is 0 Å². The average molecular weight is 1440 g/mol. The van der Waals surface area contributed by atoms with Crippen LogP contribution < -0.4 is 0 Å². The van der Waals surface area contributed by atoms with Gasteiger partial charge in [0, 0.05) is 26.2 Å². The molecule has 572 valence electrons. The normalized spacial score (nSPS) is 11.4. The summed E-state index contributed by atoms with van der Waals surface area (Å²) in [6.07, 6.45) is 2.07. The number of nitrogens with zero attached hydrogens (tertiary/aromatic N) is 2. The maximum atomic E-state index is 2.46. The summed E-state index contributed by atoms with van der Waals surface area (Å²) in [6.45, 7) is 51.6. The van der Waals surface area contributed by atoms with E-state index in [1.165, 1.54) is 134 Å². The Balaban J connectivity index is 0.000000439. The third-order valence-electron chi connectivity index (χ3n) is 18.6. The van der Waals surface area contributed by atoms with E-state index in [0.29, 0.717) is 0 Å². The SMILES string of the molecule is CC.CC.CC.CC.CC.CC.CC.CC.CC.CC.CC.CC.CN(Cc1cccc(C2(c3ccccc3)c3ccccc3-c3ccccc32)c1)Cc1ccc2c(c1)Cc1ccccc1-2.CN(Cc1cccc(C2(c3ccccc3)c3ccccc3-c3ccccc32)c1)Cc1cccc2c1-c1ccccc1C2. The molecular weight excluding hydrogens is 1300 g/mol. The fraction of sp³-hybridized carbons (Fsp3) is 0.321. The van der Waals surface area contributed by atoms with Gasteiger partial charge in [-0.15, -0.1) is 0 Å². The van der Waals surface area contributed by atoms with Crippen molar-refractivity contribution in [1.82, 2.24) is 9.80 Å². The molecule has 0 aromatic heterocycles. The first-order chi connectivity index (χ1) is 53.4. The van der Waals surface area contributed by atoms with E-state index in [0.717, 1.165) is 39.0 Å². The molecule has 0 saturated carbocycles. The zero-order valence-corrected chi connectivity index (χ0v) is 71.8. The van der Waals surface area contributed by atoms with Gasteiger partial charge in [0.2, 0.25) is 0 Å². The second-order valence-corrected chi connectivity index (χ2v) is 23.8. The molecule has 12 aromatic carbocycles. The quantitative estimate of drug-likeness (QED) is 0.120.